The number of amides is 1. The highest BCUT2D eigenvalue weighted by molar-refractivity contribution is 7.18. The third-order valence-electron chi connectivity index (χ3n) is 3.27. The van der Waals surface area contributed by atoms with Gasteiger partial charge >= 0.3 is 5.97 Å². The summed E-state index contributed by atoms with van der Waals surface area (Å²) in [5, 5.41) is 0. The van der Waals surface area contributed by atoms with E-state index in [0.29, 0.717) is 20.7 Å². The van der Waals surface area contributed by atoms with E-state index in [0.717, 1.165) is 0 Å². The molecule has 1 aliphatic rings. The molecule has 2 aromatic rings. The van der Waals surface area contributed by atoms with Gasteiger partial charge in [0.25, 0.3) is 5.91 Å². The molecule has 5 nitrogen and oxygen atoms in total. The summed E-state index contributed by atoms with van der Waals surface area (Å²) in [5.41, 5.74) is 0.622. The zero-order valence-corrected chi connectivity index (χ0v) is 13.2. The number of carbonyl (C=O) groups excluding carboxylic acids is 2. The van der Waals surface area contributed by atoms with Crippen LogP contribution in [0.15, 0.2) is 36.4 Å². The first kappa shape index (κ1) is 14.9. The van der Waals surface area contributed by atoms with Crippen molar-refractivity contribution in [2.24, 2.45) is 0 Å². The summed E-state index contributed by atoms with van der Waals surface area (Å²) < 4.78 is 10.9. The molecule has 2 heterocycles. The standard InChI is InChI=1S/C15H12ClNO4S/c1-20-15(19)11-8-17(9-4-2-3-5-10(9)21-11)14(18)12-6-7-13(16)22-12/h2-7,11H,8H2,1H3/t11-/m1/s1. The number of thiophene rings is 1. The Balaban J connectivity index is 1.98. The predicted molar refractivity (Wildman–Crippen MR) is 83.9 cm³/mol. The SMILES string of the molecule is COC(=O)[C@H]1CN(C(=O)c2ccc(Cl)s2)c2ccccc2O1. The summed E-state index contributed by atoms with van der Waals surface area (Å²) in [6, 6.07) is 10.4. The van der Waals surface area contributed by atoms with Crippen molar-refractivity contribution in [1.29, 1.82) is 0 Å². The van der Waals surface area contributed by atoms with E-state index >= 15 is 0 Å². The zero-order chi connectivity index (χ0) is 15.7. The second kappa shape index (κ2) is 5.98. The van der Waals surface area contributed by atoms with E-state index < -0.39 is 12.1 Å². The van der Waals surface area contributed by atoms with Crippen LogP contribution in [-0.2, 0) is 9.53 Å². The molecule has 0 bridgehead atoms. The Morgan fingerprint density at radius 1 is 1.32 bits per heavy atom. The summed E-state index contributed by atoms with van der Waals surface area (Å²) in [7, 11) is 1.29. The molecule has 1 aromatic carbocycles. The number of fused-ring (bicyclic) bond motifs is 1. The smallest absolute Gasteiger partial charge is 0.348 e. The van der Waals surface area contributed by atoms with Gasteiger partial charge in [0.15, 0.2) is 0 Å². The number of hydrogen-bond donors (Lipinski definition) is 0. The van der Waals surface area contributed by atoms with Gasteiger partial charge in [0.05, 0.1) is 28.6 Å². The lowest BCUT2D eigenvalue weighted by atomic mass is 10.1. The first-order valence-corrected chi connectivity index (χ1v) is 7.70. The van der Waals surface area contributed by atoms with Crippen LogP contribution in [0.1, 0.15) is 9.67 Å². The number of anilines is 1. The van der Waals surface area contributed by atoms with Gasteiger partial charge in [-0.3, -0.25) is 9.69 Å². The molecule has 0 fully saturated rings. The fraction of sp³-hybridized carbons (Fsp3) is 0.200. The summed E-state index contributed by atoms with van der Waals surface area (Å²) in [6.07, 6.45) is -0.848. The van der Waals surface area contributed by atoms with E-state index in [-0.39, 0.29) is 12.5 Å². The van der Waals surface area contributed by atoms with Gasteiger partial charge < -0.3 is 9.47 Å². The molecule has 0 spiro atoms. The number of carbonyl (C=O) groups is 2. The lowest BCUT2D eigenvalue weighted by Crippen LogP contribution is -2.47. The molecule has 0 N–H and O–H groups in total. The Bertz CT molecular complexity index is 730. The molecule has 0 saturated carbocycles. The largest absolute Gasteiger partial charge is 0.475 e. The highest BCUT2D eigenvalue weighted by atomic mass is 35.5. The summed E-state index contributed by atoms with van der Waals surface area (Å²) in [6.45, 7) is 0.0953. The Kier molecular flexibility index (Phi) is 4.04. The van der Waals surface area contributed by atoms with E-state index in [1.807, 2.05) is 6.07 Å². The highest BCUT2D eigenvalue weighted by Crippen LogP contribution is 2.35. The Hall–Kier alpha value is -2.05. The quantitative estimate of drug-likeness (QED) is 0.790. The van der Waals surface area contributed by atoms with Crippen LogP contribution in [0.5, 0.6) is 5.75 Å². The number of para-hydroxylation sites is 2. The Labute approximate surface area is 136 Å². The number of benzene rings is 1. The van der Waals surface area contributed by atoms with E-state index in [4.69, 9.17) is 21.1 Å². The average Bonchev–Trinajstić information content (AvgIpc) is 2.98. The van der Waals surface area contributed by atoms with Gasteiger partial charge in [-0.25, -0.2) is 4.79 Å². The molecule has 1 aromatic heterocycles. The van der Waals surface area contributed by atoms with Crippen LogP contribution in [0.25, 0.3) is 0 Å². The van der Waals surface area contributed by atoms with Crippen LogP contribution in [0, 0.1) is 0 Å². The maximum Gasteiger partial charge on any atom is 0.348 e. The van der Waals surface area contributed by atoms with Crippen LogP contribution < -0.4 is 9.64 Å². The number of ether oxygens (including phenoxy) is 2. The molecule has 0 radical (unpaired) electrons. The van der Waals surface area contributed by atoms with E-state index in [1.54, 1.807) is 30.3 Å². The fourth-order valence-electron chi connectivity index (χ4n) is 2.24. The Morgan fingerprint density at radius 2 is 2.09 bits per heavy atom. The number of halogens is 1. The van der Waals surface area contributed by atoms with Gasteiger partial charge in [-0.05, 0) is 24.3 Å². The lowest BCUT2D eigenvalue weighted by Gasteiger charge is -2.33. The van der Waals surface area contributed by atoms with Crippen molar-refractivity contribution < 1.29 is 19.1 Å². The van der Waals surface area contributed by atoms with Crippen LogP contribution in [0.4, 0.5) is 5.69 Å². The topological polar surface area (TPSA) is 55.8 Å². The monoisotopic (exact) mass is 337 g/mol. The molecule has 114 valence electrons. The molecule has 22 heavy (non-hydrogen) atoms. The predicted octanol–water partition coefficient (Wildman–Crippen LogP) is 2.98. The average molecular weight is 338 g/mol. The number of hydrogen-bond acceptors (Lipinski definition) is 5. The summed E-state index contributed by atoms with van der Waals surface area (Å²) in [4.78, 5) is 26.5. The van der Waals surface area contributed by atoms with Crippen LogP contribution in [0.3, 0.4) is 0 Å². The van der Waals surface area contributed by atoms with Crippen molar-refractivity contribution in [2.75, 3.05) is 18.6 Å². The molecule has 0 saturated heterocycles. The number of rotatable bonds is 2. The van der Waals surface area contributed by atoms with Crippen molar-refractivity contribution in [1.82, 2.24) is 0 Å². The molecule has 0 unspecified atom stereocenters. The lowest BCUT2D eigenvalue weighted by molar-refractivity contribution is -0.148. The number of methoxy groups -OCH3 is 1. The maximum atomic E-state index is 12.7. The third kappa shape index (κ3) is 2.67. The molecule has 1 amide bonds. The minimum Gasteiger partial charge on any atom is -0.475 e. The first-order chi connectivity index (χ1) is 10.6. The van der Waals surface area contributed by atoms with Crippen LogP contribution >= 0.6 is 22.9 Å². The van der Waals surface area contributed by atoms with Gasteiger partial charge in [0.1, 0.15) is 5.75 Å². The molecule has 1 aliphatic heterocycles. The van der Waals surface area contributed by atoms with Gasteiger partial charge in [0.2, 0.25) is 6.10 Å². The first-order valence-electron chi connectivity index (χ1n) is 6.51. The molecule has 0 aliphatic carbocycles. The summed E-state index contributed by atoms with van der Waals surface area (Å²) in [5.74, 6) is -0.266. The molecular formula is C15H12ClNO4S. The van der Waals surface area contributed by atoms with Crippen molar-refractivity contribution in [3.63, 3.8) is 0 Å². The zero-order valence-electron chi connectivity index (χ0n) is 11.6. The molecular weight excluding hydrogens is 326 g/mol. The molecule has 7 heteroatoms. The molecule has 3 rings (SSSR count). The van der Waals surface area contributed by atoms with E-state index in [9.17, 15) is 9.59 Å². The second-order valence-corrected chi connectivity index (χ2v) is 6.33. The number of esters is 1. The van der Waals surface area contributed by atoms with Gasteiger partial charge in [-0.2, -0.15) is 0 Å². The van der Waals surface area contributed by atoms with Gasteiger partial charge in [0, 0.05) is 0 Å². The normalized spacial score (nSPS) is 16.6. The van der Waals surface area contributed by atoms with Gasteiger partial charge in [-0.15, -0.1) is 11.3 Å². The summed E-state index contributed by atoms with van der Waals surface area (Å²) >= 11 is 7.09. The Morgan fingerprint density at radius 3 is 2.77 bits per heavy atom. The maximum absolute atomic E-state index is 12.7. The van der Waals surface area contributed by atoms with Crippen LogP contribution in [-0.4, -0.2) is 31.6 Å². The van der Waals surface area contributed by atoms with Crippen molar-refractivity contribution in [3.05, 3.63) is 45.6 Å². The minimum atomic E-state index is -0.848. The fourth-order valence-corrected chi connectivity index (χ4v) is 3.24. The van der Waals surface area contributed by atoms with Crippen molar-refractivity contribution >= 4 is 40.5 Å². The van der Waals surface area contributed by atoms with Crippen molar-refractivity contribution in [2.45, 2.75) is 6.10 Å². The highest BCUT2D eigenvalue weighted by Gasteiger charge is 2.35. The van der Waals surface area contributed by atoms with Crippen LogP contribution in [0.2, 0.25) is 4.34 Å². The van der Waals surface area contributed by atoms with E-state index in [1.165, 1.54) is 23.3 Å². The van der Waals surface area contributed by atoms with Gasteiger partial charge in [-0.1, -0.05) is 23.7 Å². The molecule has 1 atom stereocenters. The van der Waals surface area contributed by atoms with Crippen molar-refractivity contribution in [3.8, 4) is 5.75 Å². The number of nitrogens with zero attached hydrogens (tertiary/aromatic N) is 1. The third-order valence-corrected chi connectivity index (χ3v) is 4.49. The minimum absolute atomic E-state index is 0.0953. The second-order valence-electron chi connectivity index (χ2n) is 4.62. The van der Waals surface area contributed by atoms with E-state index in [2.05, 4.69) is 0 Å².